The van der Waals surface area contributed by atoms with Gasteiger partial charge in [0.1, 0.15) is 0 Å². The first kappa shape index (κ1) is 17.0. The number of aromatic nitrogens is 3. The van der Waals surface area contributed by atoms with Gasteiger partial charge in [-0.3, -0.25) is 9.78 Å². The van der Waals surface area contributed by atoms with Crippen LogP contribution in [0.2, 0.25) is 0 Å². The number of benzene rings is 1. The Morgan fingerprint density at radius 1 is 1.22 bits per heavy atom. The summed E-state index contributed by atoms with van der Waals surface area (Å²) >= 11 is 0. The van der Waals surface area contributed by atoms with Gasteiger partial charge in [0.15, 0.2) is 0 Å². The van der Waals surface area contributed by atoms with Gasteiger partial charge in [-0.05, 0) is 43.7 Å². The Bertz CT molecular complexity index is 799. The van der Waals surface area contributed by atoms with Gasteiger partial charge in [-0.15, -0.1) is 12.4 Å². The first-order chi connectivity index (χ1) is 10.6. The highest BCUT2D eigenvalue weighted by molar-refractivity contribution is 5.94. The number of hydrogen-bond donors (Lipinski definition) is 1. The van der Waals surface area contributed by atoms with Crippen LogP contribution in [0.5, 0.6) is 0 Å². The normalized spacial score (nSPS) is 10.6. The van der Waals surface area contributed by atoms with E-state index in [1.165, 1.54) is 0 Å². The van der Waals surface area contributed by atoms with Gasteiger partial charge in [0.25, 0.3) is 5.91 Å². The summed E-state index contributed by atoms with van der Waals surface area (Å²) in [6, 6.07) is 9.86. The van der Waals surface area contributed by atoms with E-state index in [-0.39, 0.29) is 18.3 Å². The van der Waals surface area contributed by atoms with E-state index >= 15 is 0 Å². The molecule has 0 aliphatic carbocycles. The van der Waals surface area contributed by atoms with Crippen LogP contribution in [0, 0.1) is 0 Å². The summed E-state index contributed by atoms with van der Waals surface area (Å²) in [7, 11) is 0. The number of fused-ring (bicyclic) bond motifs is 1. The second-order valence-electron chi connectivity index (χ2n) is 5.49. The topological polar surface area (TPSA) is 59.8 Å². The third-order valence-corrected chi connectivity index (χ3v) is 3.59. The summed E-state index contributed by atoms with van der Waals surface area (Å²) in [5.41, 5.74) is 3.70. The van der Waals surface area contributed by atoms with Crippen molar-refractivity contribution < 1.29 is 4.79 Å². The SMILES string of the molecule is CC(C)n1cnc2cc(CNC(=O)c3ccncc3)ccc21.Cl. The molecule has 1 aromatic carbocycles. The van der Waals surface area contributed by atoms with Crippen molar-refractivity contribution in [1.29, 1.82) is 0 Å². The molecule has 2 aromatic heterocycles. The van der Waals surface area contributed by atoms with Gasteiger partial charge in [-0.1, -0.05) is 6.07 Å². The summed E-state index contributed by atoms with van der Waals surface area (Å²) in [5.74, 6) is -0.102. The summed E-state index contributed by atoms with van der Waals surface area (Å²) in [6.45, 7) is 4.74. The van der Waals surface area contributed by atoms with Crippen molar-refractivity contribution in [3.05, 3.63) is 60.2 Å². The van der Waals surface area contributed by atoms with Gasteiger partial charge < -0.3 is 9.88 Å². The molecule has 6 heteroatoms. The predicted molar refractivity (Wildman–Crippen MR) is 92.8 cm³/mol. The van der Waals surface area contributed by atoms with E-state index in [2.05, 4.69) is 39.8 Å². The standard InChI is InChI=1S/C17H18N4O.ClH/c1-12(2)21-11-20-15-9-13(3-4-16(15)21)10-19-17(22)14-5-7-18-8-6-14;/h3-9,11-12H,10H2,1-2H3,(H,19,22);1H. The molecular weight excluding hydrogens is 312 g/mol. The molecule has 0 radical (unpaired) electrons. The highest BCUT2D eigenvalue weighted by Gasteiger charge is 2.08. The van der Waals surface area contributed by atoms with Crippen LogP contribution in [0.4, 0.5) is 0 Å². The Morgan fingerprint density at radius 3 is 2.65 bits per heavy atom. The molecule has 1 N–H and O–H groups in total. The van der Waals surface area contributed by atoms with E-state index in [0.717, 1.165) is 16.6 Å². The molecule has 0 unspecified atom stereocenters. The molecule has 0 saturated carbocycles. The molecule has 0 atom stereocenters. The molecule has 0 fully saturated rings. The zero-order chi connectivity index (χ0) is 15.5. The molecule has 0 aliphatic heterocycles. The van der Waals surface area contributed by atoms with Gasteiger partial charge in [-0.25, -0.2) is 4.98 Å². The highest BCUT2D eigenvalue weighted by Crippen LogP contribution is 2.18. The van der Waals surface area contributed by atoms with Crippen LogP contribution in [-0.2, 0) is 6.54 Å². The molecule has 1 amide bonds. The largest absolute Gasteiger partial charge is 0.348 e. The molecule has 5 nitrogen and oxygen atoms in total. The first-order valence-electron chi connectivity index (χ1n) is 7.29. The third-order valence-electron chi connectivity index (χ3n) is 3.59. The fraction of sp³-hybridized carbons (Fsp3) is 0.235. The fourth-order valence-corrected chi connectivity index (χ4v) is 2.39. The van der Waals surface area contributed by atoms with E-state index in [1.807, 2.05) is 18.5 Å². The van der Waals surface area contributed by atoms with Crippen molar-refractivity contribution in [2.24, 2.45) is 0 Å². The average Bonchev–Trinajstić information content (AvgIpc) is 2.96. The summed E-state index contributed by atoms with van der Waals surface area (Å²) in [5, 5.41) is 2.91. The molecular formula is C17H19ClN4O. The van der Waals surface area contributed by atoms with Gasteiger partial charge in [0.2, 0.25) is 0 Å². The average molecular weight is 331 g/mol. The molecule has 0 bridgehead atoms. The molecule has 0 saturated heterocycles. The lowest BCUT2D eigenvalue weighted by Gasteiger charge is -2.09. The number of hydrogen-bond acceptors (Lipinski definition) is 3. The Morgan fingerprint density at radius 2 is 1.96 bits per heavy atom. The Balaban J connectivity index is 0.00000192. The number of halogens is 1. The maximum absolute atomic E-state index is 12.0. The third kappa shape index (κ3) is 3.68. The van der Waals surface area contributed by atoms with Gasteiger partial charge in [-0.2, -0.15) is 0 Å². The zero-order valence-electron chi connectivity index (χ0n) is 13.1. The van der Waals surface area contributed by atoms with Crippen LogP contribution in [0.1, 0.15) is 35.8 Å². The molecule has 0 spiro atoms. The van der Waals surface area contributed by atoms with Crippen LogP contribution in [0.15, 0.2) is 49.1 Å². The summed E-state index contributed by atoms with van der Waals surface area (Å²) in [4.78, 5) is 20.4. The monoisotopic (exact) mass is 330 g/mol. The number of amides is 1. The van der Waals surface area contributed by atoms with E-state index in [4.69, 9.17) is 0 Å². The molecule has 0 aliphatic rings. The first-order valence-corrected chi connectivity index (χ1v) is 7.29. The molecule has 120 valence electrons. The van der Waals surface area contributed by atoms with Crippen LogP contribution >= 0.6 is 12.4 Å². The van der Waals surface area contributed by atoms with Crippen molar-refractivity contribution in [1.82, 2.24) is 19.9 Å². The molecule has 3 aromatic rings. The molecule has 2 heterocycles. The summed E-state index contributed by atoms with van der Waals surface area (Å²) in [6.07, 6.45) is 5.08. The number of carbonyl (C=O) groups is 1. The van der Waals surface area contributed by atoms with E-state index < -0.39 is 0 Å². The molecule has 23 heavy (non-hydrogen) atoms. The van der Waals surface area contributed by atoms with Gasteiger partial charge in [0, 0.05) is 30.5 Å². The minimum absolute atomic E-state index is 0. The Kier molecular flexibility index (Phi) is 5.34. The number of nitrogens with one attached hydrogen (secondary N) is 1. The number of rotatable bonds is 4. The zero-order valence-corrected chi connectivity index (χ0v) is 13.9. The van der Waals surface area contributed by atoms with Gasteiger partial charge in [0.05, 0.1) is 17.4 Å². The Hall–Kier alpha value is -2.40. The maximum atomic E-state index is 12.0. The highest BCUT2D eigenvalue weighted by atomic mass is 35.5. The van der Waals surface area contributed by atoms with Crippen molar-refractivity contribution in [2.75, 3.05) is 0 Å². The number of carbonyl (C=O) groups excluding carboxylic acids is 1. The predicted octanol–water partition coefficient (Wildman–Crippen LogP) is 3.36. The minimum Gasteiger partial charge on any atom is -0.348 e. The Labute approximate surface area is 141 Å². The van der Waals surface area contributed by atoms with Crippen molar-refractivity contribution >= 4 is 29.3 Å². The minimum atomic E-state index is -0.102. The quantitative estimate of drug-likeness (QED) is 0.798. The van der Waals surface area contributed by atoms with E-state index in [0.29, 0.717) is 18.2 Å². The van der Waals surface area contributed by atoms with Crippen LogP contribution < -0.4 is 5.32 Å². The molecule has 3 rings (SSSR count). The van der Waals surface area contributed by atoms with Crippen molar-refractivity contribution in [2.45, 2.75) is 26.4 Å². The summed E-state index contributed by atoms with van der Waals surface area (Å²) < 4.78 is 2.13. The lowest BCUT2D eigenvalue weighted by atomic mass is 10.2. The lowest BCUT2D eigenvalue weighted by Crippen LogP contribution is -2.22. The maximum Gasteiger partial charge on any atom is 0.251 e. The second kappa shape index (κ2) is 7.24. The van der Waals surface area contributed by atoms with E-state index in [9.17, 15) is 4.79 Å². The number of pyridine rings is 1. The van der Waals surface area contributed by atoms with Crippen LogP contribution in [0.3, 0.4) is 0 Å². The van der Waals surface area contributed by atoms with Gasteiger partial charge >= 0.3 is 0 Å². The van der Waals surface area contributed by atoms with Crippen LogP contribution in [0.25, 0.3) is 11.0 Å². The van der Waals surface area contributed by atoms with Crippen molar-refractivity contribution in [3.8, 4) is 0 Å². The van der Waals surface area contributed by atoms with Crippen LogP contribution in [-0.4, -0.2) is 20.4 Å². The number of imidazole rings is 1. The fourth-order valence-electron chi connectivity index (χ4n) is 2.39. The smallest absolute Gasteiger partial charge is 0.251 e. The van der Waals surface area contributed by atoms with Crippen molar-refractivity contribution in [3.63, 3.8) is 0 Å². The number of nitrogens with zero attached hydrogens (tertiary/aromatic N) is 3. The second-order valence-corrected chi connectivity index (χ2v) is 5.49. The lowest BCUT2D eigenvalue weighted by molar-refractivity contribution is 0.0951. The van der Waals surface area contributed by atoms with E-state index in [1.54, 1.807) is 24.5 Å².